The molecule has 2 heterocycles. The Labute approximate surface area is 138 Å². The number of hydrogen-bond acceptors (Lipinski definition) is 6. The lowest BCUT2D eigenvalue weighted by Gasteiger charge is -2.05. The van der Waals surface area contributed by atoms with E-state index in [1.54, 1.807) is 11.8 Å². The van der Waals surface area contributed by atoms with Crippen LogP contribution in [0.2, 0.25) is 0 Å². The minimum absolute atomic E-state index is 0.0676. The molecule has 2 aromatic heterocycles. The van der Waals surface area contributed by atoms with E-state index in [0.717, 1.165) is 17.0 Å². The summed E-state index contributed by atoms with van der Waals surface area (Å²) in [4.78, 5) is 12.4. The molecule has 0 aliphatic rings. The summed E-state index contributed by atoms with van der Waals surface area (Å²) in [6.45, 7) is 8.40. The van der Waals surface area contributed by atoms with Crippen molar-refractivity contribution in [2.75, 3.05) is 12.0 Å². The average molecular weight is 337 g/mol. The number of carbonyl (C=O) groups is 1. The van der Waals surface area contributed by atoms with E-state index in [-0.39, 0.29) is 5.78 Å². The fraction of sp³-hybridized carbons (Fsp3) is 0.400. The summed E-state index contributed by atoms with van der Waals surface area (Å²) in [6.07, 6.45) is 3.80. The maximum Gasteiger partial charge on any atom is 0.277 e. The van der Waals surface area contributed by atoms with Gasteiger partial charge in [0.15, 0.2) is 5.78 Å². The van der Waals surface area contributed by atoms with Crippen LogP contribution in [-0.2, 0) is 12.3 Å². The van der Waals surface area contributed by atoms with Crippen molar-refractivity contribution in [1.82, 2.24) is 14.8 Å². The lowest BCUT2D eigenvalue weighted by atomic mass is 10.2. The number of aryl methyl sites for hydroxylation is 1. The third-order valence-corrected chi connectivity index (χ3v) is 4.58. The number of rotatable bonds is 8. The van der Waals surface area contributed by atoms with Gasteiger partial charge in [-0.3, -0.25) is 4.79 Å². The van der Waals surface area contributed by atoms with E-state index in [1.165, 1.54) is 11.8 Å². The van der Waals surface area contributed by atoms with E-state index in [9.17, 15) is 4.79 Å². The van der Waals surface area contributed by atoms with Crippen LogP contribution in [0, 0.1) is 13.8 Å². The van der Waals surface area contributed by atoms with Crippen molar-refractivity contribution in [1.29, 1.82) is 0 Å². The van der Waals surface area contributed by atoms with Gasteiger partial charge in [-0.1, -0.05) is 17.8 Å². The molecule has 5 nitrogen and oxygen atoms in total. The molecule has 22 heavy (non-hydrogen) atoms. The molecule has 0 N–H and O–H groups in total. The van der Waals surface area contributed by atoms with E-state index in [2.05, 4.69) is 21.3 Å². The Bertz CT molecular complexity index is 676. The van der Waals surface area contributed by atoms with E-state index >= 15 is 0 Å². The molecule has 2 rings (SSSR count). The highest BCUT2D eigenvalue weighted by atomic mass is 32.2. The Morgan fingerprint density at radius 3 is 2.91 bits per heavy atom. The van der Waals surface area contributed by atoms with Gasteiger partial charge in [0, 0.05) is 23.5 Å². The van der Waals surface area contributed by atoms with E-state index in [4.69, 9.17) is 4.42 Å². The maximum absolute atomic E-state index is 12.4. The minimum atomic E-state index is 0.0676. The second-order valence-electron chi connectivity index (χ2n) is 4.79. The molecule has 0 aromatic carbocycles. The zero-order valence-electron chi connectivity index (χ0n) is 13.0. The van der Waals surface area contributed by atoms with Gasteiger partial charge in [0.05, 0.1) is 11.5 Å². The number of carbonyl (C=O) groups excluding carboxylic acids is 1. The SMILES string of the molecule is C=CCn1c(C)cc(C(=O)CSc2nnc(CSC)o2)c1C. The molecule has 0 bridgehead atoms. The second kappa shape index (κ2) is 7.69. The number of allylic oxidation sites excluding steroid dienone is 1. The van der Waals surface area contributed by atoms with Gasteiger partial charge in [-0.2, -0.15) is 11.8 Å². The van der Waals surface area contributed by atoms with Crippen LogP contribution in [0.4, 0.5) is 0 Å². The second-order valence-corrected chi connectivity index (χ2v) is 6.58. The molecule has 0 radical (unpaired) electrons. The van der Waals surface area contributed by atoms with Crippen LogP contribution in [0.15, 0.2) is 28.4 Å². The van der Waals surface area contributed by atoms with Crippen LogP contribution in [0.3, 0.4) is 0 Å². The molecule has 0 unspecified atom stereocenters. The van der Waals surface area contributed by atoms with Crippen molar-refractivity contribution in [2.24, 2.45) is 0 Å². The highest BCUT2D eigenvalue weighted by molar-refractivity contribution is 7.99. The third-order valence-electron chi connectivity index (χ3n) is 3.23. The van der Waals surface area contributed by atoms with Crippen molar-refractivity contribution < 1.29 is 9.21 Å². The van der Waals surface area contributed by atoms with Gasteiger partial charge < -0.3 is 8.98 Å². The summed E-state index contributed by atoms with van der Waals surface area (Å²) in [7, 11) is 0. The largest absolute Gasteiger partial charge is 0.415 e. The van der Waals surface area contributed by atoms with Gasteiger partial charge in [0.1, 0.15) is 0 Å². The number of nitrogens with zero attached hydrogens (tertiary/aromatic N) is 3. The molecule has 118 valence electrons. The molecule has 0 saturated carbocycles. The maximum atomic E-state index is 12.4. The number of Topliss-reactive ketones (excluding diaryl/α,β-unsaturated/α-hetero) is 1. The quantitative estimate of drug-likeness (QED) is 0.417. The zero-order valence-corrected chi connectivity index (χ0v) is 14.6. The summed E-state index contributed by atoms with van der Waals surface area (Å²) >= 11 is 2.90. The first kappa shape index (κ1) is 16.9. The third kappa shape index (κ3) is 3.84. The fourth-order valence-electron chi connectivity index (χ4n) is 2.18. The van der Waals surface area contributed by atoms with Crippen LogP contribution in [0.1, 0.15) is 27.6 Å². The Morgan fingerprint density at radius 1 is 1.45 bits per heavy atom. The minimum Gasteiger partial charge on any atom is -0.415 e. The lowest BCUT2D eigenvalue weighted by molar-refractivity contribution is 0.102. The number of ketones is 1. The number of aromatic nitrogens is 3. The summed E-state index contributed by atoms with van der Waals surface area (Å²) in [6, 6.07) is 1.93. The first-order valence-corrected chi connectivity index (χ1v) is 9.19. The standard InChI is InChI=1S/C15H19N3O2S2/c1-5-6-18-10(2)7-12(11(18)3)13(19)8-22-15-17-16-14(20-15)9-21-4/h5,7H,1,6,8-9H2,2-4H3. The molecule has 7 heteroatoms. The van der Waals surface area contributed by atoms with Crippen LogP contribution in [0.25, 0.3) is 0 Å². The first-order valence-electron chi connectivity index (χ1n) is 6.81. The van der Waals surface area contributed by atoms with Crippen molar-refractivity contribution in [2.45, 2.75) is 31.4 Å². The monoisotopic (exact) mass is 337 g/mol. The van der Waals surface area contributed by atoms with Gasteiger partial charge in [-0.25, -0.2) is 0 Å². The fourth-order valence-corrected chi connectivity index (χ4v) is 3.20. The molecule has 0 saturated heterocycles. The molecule has 0 aliphatic heterocycles. The molecule has 0 aliphatic carbocycles. The molecule has 0 atom stereocenters. The van der Waals surface area contributed by atoms with Crippen LogP contribution < -0.4 is 0 Å². The molecule has 0 spiro atoms. The van der Waals surface area contributed by atoms with Crippen LogP contribution in [0.5, 0.6) is 0 Å². The highest BCUT2D eigenvalue weighted by Crippen LogP contribution is 2.22. The Morgan fingerprint density at radius 2 is 2.23 bits per heavy atom. The van der Waals surface area contributed by atoms with E-state index in [1.807, 2.05) is 32.2 Å². The van der Waals surface area contributed by atoms with Gasteiger partial charge in [-0.15, -0.1) is 16.8 Å². The van der Waals surface area contributed by atoms with Gasteiger partial charge in [0.2, 0.25) is 5.89 Å². The van der Waals surface area contributed by atoms with Gasteiger partial charge in [0.25, 0.3) is 5.22 Å². The molecule has 0 fully saturated rings. The predicted molar refractivity (Wildman–Crippen MR) is 90.7 cm³/mol. The number of thioether (sulfide) groups is 2. The van der Waals surface area contributed by atoms with Crippen molar-refractivity contribution in [3.63, 3.8) is 0 Å². The Balaban J connectivity index is 2.02. The van der Waals surface area contributed by atoms with Gasteiger partial charge >= 0.3 is 0 Å². The normalized spacial score (nSPS) is 10.9. The van der Waals surface area contributed by atoms with E-state index < -0.39 is 0 Å². The molecule has 2 aromatic rings. The Kier molecular flexibility index (Phi) is 5.90. The van der Waals surface area contributed by atoms with Crippen molar-refractivity contribution >= 4 is 29.3 Å². The van der Waals surface area contributed by atoms with Crippen LogP contribution in [-0.4, -0.2) is 32.6 Å². The smallest absolute Gasteiger partial charge is 0.277 e. The molecule has 0 amide bonds. The average Bonchev–Trinajstić information content (AvgIpc) is 3.05. The Hall–Kier alpha value is -1.47. The summed E-state index contributed by atoms with van der Waals surface area (Å²) in [5.41, 5.74) is 2.78. The van der Waals surface area contributed by atoms with E-state index in [0.29, 0.717) is 29.2 Å². The summed E-state index contributed by atoms with van der Waals surface area (Å²) in [5.74, 6) is 1.63. The summed E-state index contributed by atoms with van der Waals surface area (Å²) in [5, 5.41) is 8.31. The predicted octanol–water partition coefficient (Wildman–Crippen LogP) is 3.51. The van der Waals surface area contributed by atoms with Crippen molar-refractivity contribution in [3.05, 3.63) is 41.6 Å². The molecular formula is C15H19N3O2S2. The number of hydrogen-bond donors (Lipinski definition) is 0. The van der Waals surface area contributed by atoms with Crippen molar-refractivity contribution in [3.8, 4) is 0 Å². The first-order chi connectivity index (χ1) is 10.6. The zero-order chi connectivity index (χ0) is 16.1. The topological polar surface area (TPSA) is 60.9 Å². The summed E-state index contributed by atoms with van der Waals surface area (Å²) < 4.78 is 7.53. The molecular weight excluding hydrogens is 318 g/mol. The lowest BCUT2D eigenvalue weighted by Crippen LogP contribution is -2.06. The highest BCUT2D eigenvalue weighted by Gasteiger charge is 2.16. The van der Waals surface area contributed by atoms with Crippen LogP contribution >= 0.6 is 23.5 Å². The van der Waals surface area contributed by atoms with Gasteiger partial charge in [-0.05, 0) is 26.2 Å².